The van der Waals surface area contributed by atoms with E-state index >= 15 is 0 Å². The number of nitrogens with one attached hydrogen (secondary N) is 2. The normalized spacial score (nSPS) is 30.1. The summed E-state index contributed by atoms with van der Waals surface area (Å²) >= 11 is 0. The summed E-state index contributed by atoms with van der Waals surface area (Å²) in [7, 11) is 0. The highest BCUT2D eigenvalue weighted by atomic mass is 19.4. The van der Waals surface area contributed by atoms with Crippen LogP contribution in [0.15, 0.2) is 24.0 Å². The lowest BCUT2D eigenvalue weighted by Crippen LogP contribution is -2.43. The largest absolute Gasteiger partial charge is 0.573 e. The molecule has 10 heteroatoms. The van der Waals surface area contributed by atoms with Crippen molar-refractivity contribution in [2.24, 2.45) is 23.7 Å². The number of morpholine rings is 1. The molecule has 1 aromatic rings. The molecule has 4 fully saturated rings. The second-order valence-electron chi connectivity index (χ2n) is 9.62. The van der Waals surface area contributed by atoms with E-state index in [0.29, 0.717) is 29.7 Å². The zero-order valence-electron chi connectivity index (χ0n) is 18.4. The van der Waals surface area contributed by atoms with Gasteiger partial charge < -0.3 is 25.9 Å². The average molecular weight is 466 g/mol. The van der Waals surface area contributed by atoms with Gasteiger partial charge in [0.05, 0.1) is 18.9 Å². The summed E-state index contributed by atoms with van der Waals surface area (Å²) in [6.07, 6.45) is 2.95. The molecule has 0 amide bonds. The number of nitrogens with zero attached hydrogens (tertiary/aromatic N) is 2. The molecule has 0 bridgehead atoms. The van der Waals surface area contributed by atoms with Crippen molar-refractivity contribution in [1.29, 1.82) is 5.41 Å². The number of ether oxygens (including phenoxy) is 2. The molecule has 0 spiro atoms. The third-order valence-electron chi connectivity index (χ3n) is 7.35. The fourth-order valence-corrected chi connectivity index (χ4v) is 5.41. The van der Waals surface area contributed by atoms with E-state index < -0.39 is 12.1 Å². The second-order valence-corrected chi connectivity index (χ2v) is 9.62. The molecule has 0 aromatic carbocycles. The Morgan fingerprint density at radius 2 is 1.97 bits per heavy atom. The van der Waals surface area contributed by atoms with Crippen molar-refractivity contribution >= 4 is 11.5 Å². The Hall–Kier alpha value is -2.33. The van der Waals surface area contributed by atoms with Crippen molar-refractivity contribution in [3.63, 3.8) is 0 Å². The Morgan fingerprint density at radius 3 is 2.61 bits per heavy atom. The molecule has 1 aromatic heterocycles. The molecule has 2 heterocycles. The molecule has 3 saturated carbocycles. The summed E-state index contributed by atoms with van der Waals surface area (Å²) in [6.45, 7) is 4.47. The summed E-state index contributed by atoms with van der Waals surface area (Å²) in [5.74, 6) is 1.31. The standard InChI is InChI=1S/C23H30F3N5O2/c24-23(25,26)33-20-7-14(12-30-22(20)28)18(27)10-19(29-11-13-1-2-13)21-16-8-15(9-17(16)21)31-3-5-32-6-4-31/h7,10,12-13,15-17,21,27,29H,1-6,8-9,11H2,(H2,28,30)/b19-10-,27-18?. The van der Waals surface area contributed by atoms with E-state index in [1.165, 1.54) is 19.0 Å². The van der Waals surface area contributed by atoms with Gasteiger partial charge in [-0.05, 0) is 55.6 Å². The van der Waals surface area contributed by atoms with Crippen molar-refractivity contribution in [2.75, 3.05) is 38.6 Å². The Bertz CT molecular complexity index is 915. The number of allylic oxidation sites excluding steroid dienone is 2. The number of alkyl halides is 3. The number of hydrogen-bond donors (Lipinski definition) is 3. The molecule has 0 radical (unpaired) electrons. The second kappa shape index (κ2) is 8.79. The fourth-order valence-electron chi connectivity index (χ4n) is 5.41. The van der Waals surface area contributed by atoms with Gasteiger partial charge in [-0.15, -0.1) is 13.2 Å². The van der Waals surface area contributed by atoms with Crippen LogP contribution in [0, 0.1) is 29.1 Å². The quantitative estimate of drug-likeness (QED) is 0.511. The summed E-state index contributed by atoms with van der Waals surface area (Å²) < 4.78 is 47.4. The number of anilines is 1. The summed E-state index contributed by atoms with van der Waals surface area (Å²) in [4.78, 5) is 6.34. The van der Waals surface area contributed by atoms with Gasteiger partial charge in [0.15, 0.2) is 11.6 Å². The van der Waals surface area contributed by atoms with Crippen molar-refractivity contribution in [1.82, 2.24) is 15.2 Å². The SMILES string of the molecule is N=C(/C=C(\NCC1CC1)C1C2CC(N3CCOCC3)CC21)c1cnc(N)c(OC(F)(F)F)c1. The first kappa shape index (κ1) is 22.5. The van der Waals surface area contributed by atoms with Crippen LogP contribution in [0.1, 0.15) is 31.2 Å². The molecule has 4 aliphatic rings. The van der Waals surface area contributed by atoms with Crippen molar-refractivity contribution in [3.05, 3.63) is 29.6 Å². The highest BCUT2D eigenvalue weighted by molar-refractivity contribution is 6.07. The van der Waals surface area contributed by atoms with Gasteiger partial charge in [0.25, 0.3) is 0 Å². The Labute approximate surface area is 191 Å². The van der Waals surface area contributed by atoms with Crippen molar-refractivity contribution in [2.45, 2.75) is 38.1 Å². The molecular weight excluding hydrogens is 435 g/mol. The lowest BCUT2D eigenvalue weighted by Gasteiger charge is -2.33. The first-order chi connectivity index (χ1) is 15.8. The van der Waals surface area contributed by atoms with Crippen LogP contribution in [-0.2, 0) is 4.74 Å². The number of pyridine rings is 1. The number of rotatable bonds is 8. The zero-order valence-corrected chi connectivity index (χ0v) is 18.4. The molecule has 1 aliphatic heterocycles. The van der Waals surface area contributed by atoms with Gasteiger partial charge in [0.1, 0.15) is 0 Å². The summed E-state index contributed by atoms with van der Waals surface area (Å²) in [5.41, 5.74) is 6.90. The maximum Gasteiger partial charge on any atom is 0.573 e. The maximum atomic E-state index is 12.7. The van der Waals surface area contributed by atoms with Gasteiger partial charge in [0, 0.05) is 49.1 Å². The minimum atomic E-state index is -4.87. The van der Waals surface area contributed by atoms with Crippen LogP contribution in [-0.4, -0.2) is 60.8 Å². The number of halogens is 3. The van der Waals surface area contributed by atoms with Crippen LogP contribution in [0.3, 0.4) is 0 Å². The molecule has 1 saturated heterocycles. The first-order valence-corrected chi connectivity index (χ1v) is 11.7. The predicted octanol–water partition coefficient (Wildman–Crippen LogP) is 3.17. The number of nitrogen functional groups attached to an aromatic ring is 1. The van der Waals surface area contributed by atoms with Crippen LogP contribution in [0.5, 0.6) is 5.75 Å². The molecule has 3 aliphatic carbocycles. The van der Waals surface area contributed by atoms with Crippen molar-refractivity contribution < 1.29 is 22.6 Å². The van der Waals surface area contributed by atoms with E-state index in [-0.39, 0.29) is 17.1 Å². The molecule has 7 nitrogen and oxygen atoms in total. The lowest BCUT2D eigenvalue weighted by molar-refractivity contribution is -0.274. The van der Waals surface area contributed by atoms with Gasteiger partial charge in [-0.25, -0.2) is 4.98 Å². The molecule has 5 rings (SSSR count). The zero-order chi connectivity index (χ0) is 23.2. The van der Waals surface area contributed by atoms with Gasteiger partial charge in [-0.2, -0.15) is 0 Å². The lowest BCUT2D eigenvalue weighted by atomic mass is 10.0. The van der Waals surface area contributed by atoms with E-state index in [1.807, 2.05) is 0 Å². The molecular formula is C23H30F3N5O2. The molecule has 180 valence electrons. The van der Waals surface area contributed by atoms with E-state index in [2.05, 4.69) is 19.9 Å². The maximum absolute atomic E-state index is 12.7. The third-order valence-corrected chi connectivity index (χ3v) is 7.35. The van der Waals surface area contributed by atoms with Crippen LogP contribution in [0.25, 0.3) is 0 Å². The van der Waals surface area contributed by atoms with Gasteiger partial charge in [-0.3, -0.25) is 4.90 Å². The van der Waals surface area contributed by atoms with E-state index in [0.717, 1.165) is 57.5 Å². The van der Waals surface area contributed by atoms with E-state index in [9.17, 15) is 13.2 Å². The van der Waals surface area contributed by atoms with Gasteiger partial charge >= 0.3 is 6.36 Å². The molecule has 4 N–H and O–H groups in total. The topological polar surface area (TPSA) is 96.5 Å². The first-order valence-electron chi connectivity index (χ1n) is 11.7. The molecule has 2 atom stereocenters. The number of aromatic nitrogens is 1. The Balaban J connectivity index is 1.29. The molecule has 2 unspecified atom stereocenters. The monoisotopic (exact) mass is 465 g/mol. The van der Waals surface area contributed by atoms with Gasteiger partial charge in [0.2, 0.25) is 0 Å². The number of fused-ring (bicyclic) bond motifs is 1. The summed E-state index contributed by atoms with van der Waals surface area (Å²) in [5, 5.41) is 12.1. The Kier molecular flexibility index (Phi) is 5.98. The summed E-state index contributed by atoms with van der Waals surface area (Å²) in [6, 6.07) is 1.74. The van der Waals surface area contributed by atoms with Crippen LogP contribution >= 0.6 is 0 Å². The number of hydrogen-bond acceptors (Lipinski definition) is 7. The minimum absolute atomic E-state index is 0.0996. The predicted molar refractivity (Wildman–Crippen MR) is 117 cm³/mol. The fraction of sp³-hybridized carbons (Fsp3) is 0.652. The van der Waals surface area contributed by atoms with Crippen LogP contribution in [0.4, 0.5) is 19.0 Å². The highest BCUT2D eigenvalue weighted by Crippen LogP contribution is 2.61. The minimum Gasteiger partial charge on any atom is -0.402 e. The smallest absolute Gasteiger partial charge is 0.402 e. The highest BCUT2D eigenvalue weighted by Gasteiger charge is 2.58. The van der Waals surface area contributed by atoms with E-state index in [4.69, 9.17) is 15.9 Å². The van der Waals surface area contributed by atoms with Crippen LogP contribution < -0.4 is 15.8 Å². The third kappa shape index (κ3) is 5.27. The molecule has 33 heavy (non-hydrogen) atoms. The number of nitrogens with two attached hydrogens (primary N) is 1. The average Bonchev–Trinajstić information content (AvgIpc) is 3.69. The van der Waals surface area contributed by atoms with Crippen LogP contribution in [0.2, 0.25) is 0 Å². The van der Waals surface area contributed by atoms with Gasteiger partial charge in [-0.1, -0.05) is 0 Å². The Morgan fingerprint density at radius 1 is 1.27 bits per heavy atom. The van der Waals surface area contributed by atoms with Crippen molar-refractivity contribution in [3.8, 4) is 5.75 Å². The van der Waals surface area contributed by atoms with E-state index in [1.54, 1.807) is 6.08 Å².